The summed E-state index contributed by atoms with van der Waals surface area (Å²) in [6.45, 7) is 6.67. The third-order valence-corrected chi connectivity index (χ3v) is 4.11. The fourth-order valence-electron chi connectivity index (χ4n) is 2.87. The van der Waals surface area contributed by atoms with Crippen molar-refractivity contribution < 1.29 is 9.21 Å². The number of carbonyl (C=O) groups excluding carboxylic acids is 1. The summed E-state index contributed by atoms with van der Waals surface area (Å²) in [5.74, 6) is 1.07. The summed E-state index contributed by atoms with van der Waals surface area (Å²) in [7, 11) is 0. The third kappa shape index (κ3) is 5.20. The van der Waals surface area contributed by atoms with E-state index in [-0.39, 0.29) is 11.9 Å². The second-order valence-electron chi connectivity index (χ2n) is 5.98. The second-order valence-corrected chi connectivity index (χ2v) is 5.98. The van der Waals surface area contributed by atoms with Crippen LogP contribution in [-0.4, -0.2) is 18.5 Å². The minimum atomic E-state index is -0.400. The molecule has 1 heterocycles. The van der Waals surface area contributed by atoms with Crippen molar-refractivity contribution in [3.63, 3.8) is 0 Å². The van der Waals surface area contributed by atoms with E-state index in [1.807, 2.05) is 19.1 Å². The first-order valence-corrected chi connectivity index (χ1v) is 8.11. The molecule has 0 radical (unpaired) electrons. The molecule has 0 aliphatic carbocycles. The van der Waals surface area contributed by atoms with Gasteiger partial charge in [-0.25, -0.2) is 0 Å². The highest BCUT2D eigenvalue weighted by Gasteiger charge is 2.35. The van der Waals surface area contributed by atoms with Gasteiger partial charge in [-0.1, -0.05) is 26.7 Å². The van der Waals surface area contributed by atoms with Gasteiger partial charge in [0.05, 0.1) is 11.7 Å². The molecule has 1 rings (SSSR count). The summed E-state index contributed by atoms with van der Waals surface area (Å²) < 4.78 is 5.32. The lowest BCUT2D eigenvalue weighted by atomic mass is 9.78. The standard InChI is InChI=1S/C17H30N2O2/c1-4-10-17(13-18,11-5-2)16(20)19-14(3)8-9-15-7-6-12-21-15/h6-7,12,14H,4-5,8-11,13,18H2,1-3H3,(H,19,20). The topological polar surface area (TPSA) is 68.3 Å². The molecular formula is C17H30N2O2. The van der Waals surface area contributed by atoms with Crippen LogP contribution in [0.15, 0.2) is 22.8 Å². The summed E-state index contributed by atoms with van der Waals surface area (Å²) in [4.78, 5) is 12.6. The predicted octanol–water partition coefficient (Wildman–Crippen LogP) is 3.26. The number of aryl methyl sites for hydroxylation is 1. The van der Waals surface area contributed by atoms with Gasteiger partial charge in [-0.05, 0) is 38.3 Å². The lowest BCUT2D eigenvalue weighted by molar-refractivity contribution is -0.132. The number of carbonyl (C=O) groups is 1. The van der Waals surface area contributed by atoms with Gasteiger partial charge in [0, 0.05) is 19.0 Å². The van der Waals surface area contributed by atoms with Crippen LogP contribution in [0.5, 0.6) is 0 Å². The summed E-state index contributed by atoms with van der Waals surface area (Å²) in [5, 5.41) is 3.14. The van der Waals surface area contributed by atoms with Crippen molar-refractivity contribution in [2.75, 3.05) is 6.54 Å². The second kappa shape index (κ2) is 8.88. The largest absolute Gasteiger partial charge is 0.469 e. The lowest BCUT2D eigenvalue weighted by Gasteiger charge is -2.32. The smallest absolute Gasteiger partial charge is 0.227 e. The van der Waals surface area contributed by atoms with E-state index < -0.39 is 5.41 Å². The predicted molar refractivity (Wildman–Crippen MR) is 85.9 cm³/mol. The SMILES string of the molecule is CCCC(CN)(CCC)C(=O)NC(C)CCc1ccco1. The van der Waals surface area contributed by atoms with Gasteiger partial charge in [-0.3, -0.25) is 4.79 Å². The monoisotopic (exact) mass is 294 g/mol. The fourth-order valence-corrected chi connectivity index (χ4v) is 2.87. The molecule has 21 heavy (non-hydrogen) atoms. The van der Waals surface area contributed by atoms with E-state index in [0.29, 0.717) is 6.54 Å². The van der Waals surface area contributed by atoms with E-state index in [2.05, 4.69) is 19.2 Å². The molecule has 0 fully saturated rings. The maximum absolute atomic E-state index is 12.6. The van der Waals surface area contributed by atoms with Crippen LogP contribution < -0.4 is 11.1 Å². The molecule has 4 nitrogen and oxygen atoms in total. The van der Waals surface area contributed by atoms with Gasteiger partial charge in [-0.2, -0.15) is 0 Å². The van der Waals surface area contributed by atoms with Crippen LogP contribution in [-0.2, 0) is 11.2 Å². The van der Waals surface area contributed by atoms with Gasteiger partial charge in [0.2, 0.25) is 5.91 Å². The Kier molecular flexibility index (Phi) is 7.51. The molecule has 0 aliphatic heterocycles. The Morgan fingerprint density at radius 3 is 2.52 bits per heavy atom. The van der Waals surface area contributed by atoms with Crippen molar-refractivity contribution in [1.29, 1.82) is 0 Å². The molecule has 0 saturated heterocycles. The molecular weight excluding hydrogens is 264 g/mol. The number of hydrogen-bond acceptors (Lipinski definition) is 3. The van der Waals surface area contributed by atoms with Crippen molar-refractivity contribution >= 4 is 5.91 Å². The quantitative estimate of drug-likeness (QED) is 0.696. The van der Waals surface area contributed by atoms with E-state index in [4.69, 9.17) is 10.2 Å². The van der Waals surface area contributed by atoms with Crippen LogP contribution in [0.1, 0.15) is 58.6 Å². The Morgan fingerprint density at radius 2 is 2.05 bits per heavy atom. The van der Waals surface area contributed by atoms with Gasteiger partial charge in [0.15, 0.2) is 0 Å². The average Bonchev–Trinajstić information content (AvgIpc) is 2.98. The van der Waals surface area contributed by atoms with Crippen LogP contribution >= 0.6 is 0 Å². The van der Waals surface area contributed by atoms with E-state index in [1.54, 1.807) is 6.26 Å². The molecule has 0 spiro atoms. The zero-order chi connectivity index (χ0) is 15.7. The zero-order valence-electron chi connectivity index (χ0n) is 13.7. The van der Waals surface area contributed by atoms with Gasteiger partial charge in [0.1, 0.15) is 5.76 Å². The molecule has 0 saturated carbocycles. The Labute approximate surface area is 128 Å². The number of amides is 1. The van der Waals surface area contributed by atoms with Crippen LogP contribution in [0.3, 0.4) is 0 Å². The van der Waals surface area contributed by atoms with Crippen molar-refractivity contribution in [2.45, 2.75) is 65.3 Å². The molecule has 120 valence electrons. The van der Waals surface area contributed by atoms with Gasteiger partial charge in [-0.15, -0.1) is 0 Å². The summed E-state index contributed by atoms with van der Waals surface area (Å²) in [5.41, 5.74) is 5.53. The van der Waals surface area contributed by atoms with Crippen LogP contribution in [0.4, 0.5) is 0 Å². The first-order chi connectivity index (χ1) is 10.1. The average molecular weight is 294 g/mol. The molecule has 0 aliphatic rings. The summed E-state index contributed by atoms with van der Waals surface area (Å²) in [6.07, 6.45) is 7.06. The first-order valence-electron chi connectivity index (χ1n) is 8.11. The minimum Gasteiger partial charge on any atom is -0.469 e. The third-order valence-electron chi connectivity index (χ3n) is 4.11. The number of hydrogen-bond donors (Lipinski definition) is 2. The maximum Gasteiger partial charge on any atom is 0.227 e. The van der Waals surface area contributed by atoms with Gasteiger partial charge >= 0.3 is 0 Å². The van der Waals surface area contributed by atoms with E-state index in [1.165, 1.54) is 0 Å². The Morgan fingerprint density at radius 1 is 1.38 bits per heavy atom. The number of nitrogens with two attached hydrogens (primary N) is 1. The molecule has 1 amide bonds. The Balaban J connectivity index is 2.54. The van der Waals surface area contributed by atoms with Crippen molar-refractivity contribution in [3.8, 4) is 0 Å². The zero-order valence-corrected chi connectivity index (χ0v) is 13.7. The van der Waals surface area contributed by atoms with Crippen LogP contribution in [0.25, 0.3) is 0 Å². The van der Waals surface area contributed by atoms with Crippen molar-refractivity contribution in [3.05, 3.63) is 24.2 Å². The molecule has 1 aromatic rings. The molecule has 1 atom stereocenters. The minimum absolute atomic E-state index is 0.112. The molecule has 0 bridgehead atoms. The van der Waals surface area contributed by atoms with Crippen molar-refractivity contribution in [1.82, 2.24) is 5.32 Å². The van der Waals surface area contributed by atoms with Crippen LogP contribution in [0, 0.1) is 5.41 Å². The fraction of sp³-hybridized carbons (Fsp3) is 0.706. The Bertz CT molecular complexity index is 395. The highest BCUT2D eigenvalue weighted by Crippen LogP contribution is 2.29. The summed E-state index contributed by atoms with van der Waals surface area (Å²) >= 11 is 0. The molecule has 3 N–H and O–H groups in total. The highest BCUT2D eigenvalue weighted by molar-refractivity contribution is 5.83. The molecule has 0 aromatic carbocycles. The lowest BCUT2D eigenvalue weighted by Crippen LogP contribution is -2.48. The Hall–Kier alpha value is -1.29. The molecule has 4 heteroatoms. The van der Waals surface area contributed by atoms with Crippen LogP contribution in [0.2, 0.25) is 0 Å². The maximum atomic E-state index is 12.6. The van der Waals surface area contributed by atoms with E-state index in [0.717, 1.165) is 44.3 Å². The van der Waals surface area contributed by atoms with E-state index in [9.17, 15) is 4.79 Å². The van der Waals surface area contributed by atoms with Crippen molar-refractivity contribution in [2.24, 2.45) is 11.1 Å². The normalized spacial score (nSPS) is 13.1. The number of furan rings is 1. The number of nitrogens with one attached hydrogen (secondary N) is 1. The molecule has 1 aromatic heterocycles. The van der Waals surface area contributed by atoms with E-state index >= 15 is 0 Å². The summed E-state index contributed by atoms with van der Waals surface area (Å²) in [6, 6.07) is 3.98. The van der Waals surface area contributed by atoms with Gasteiger partial charge < -0.3 is 15.5 Å². The number of rotatable bonds is 10. The van der Waals surface area contributed by atoms with Gasteiger partial charge in [0.25, 0.3) is 0 Å². The highest BCUT2D eigenvalue weighted by atomic mass is 16.3. The molecule has 1 unspecified atom stereocenters. The first kappa shape index (κ1) is 17.8.